The molecule has 5 heteroatoms. The molecule has 1 unspecified atom stereocenters. The standard InChI is InChI=1S/C14H18N4O/c1-9(2)13(15)14(19)17-11-5-3-4-10(8-11)12-6-7-16-18-12/h3-9,13H,15H2,1-2H3,(H,16,18)(H,17,19). The van der Waals surface area contributed by atoms with Crippen LogP contribution in [0.4, 0.5) is 5.69 Å². The zero-order chi connectivity index (χ0) is 13.8. The lowest BCUT2D eigenvalue weighted by Crippen LogP contribution is -2.39. The molecule has 0 fully saturated rings. The molecule has 4 N–H and O–H groups in total. The van der Waals surface area contributed by atoms with Gasteiger partial charge in [0.1, 0.15) is 0 Å². The molecule has 100 valence electrons. The monoisotopic (exact) mass is 258 g/mol. The fourth-order valence-electron chi connectivity index (χ4n) is 1.71. The Kier molecular flexibility index (Phi) is 3.97. The van der Waals surface area contributed by atoms with E-state index in [-0.39, 0.29) is 11.8 Å². The van der Waals surface area contributed by atoms with E-state index in [9.17, 15) is 4.79 Å². The first-order chi connectivity index (χ1) is 9.08. The van der Waals surface area contributed by atoms with Crippen LogP contribution in [0, 0.1) is 5.92 Å². The second-order valence-corrected chi connectivity index (χ2v) is 4.81. The highest BCUT2D eigenvalue weighted by Gasteiger charge is 2.17. The summed E-state index contributed by atoms with van der Waals surface area (Å²) in [7, 11) is 0. The van der Waals surface area contributed by atoms with Gasteiger partial charge in [-0.25, -0.2) is 0 Å². The number of carbonyl (C=O) groups excluding carboxylic acids is 1. The van der Waals surface area contributed by atoms with Gasteiger partial charge in [0.05, 0.1) is 11.7 Å². The lowest BCUT2D eigenvalue weighted by atomic mass is 10.0. The van der Waals surface area contributed by atoms with Gasteiger partial charge >= 0.3 is 0 Å². The summed E-state index contributed by atoms with van der Waals surface area (Å²) >= 11 is 0. The summed E-state index contributed by atoms with van der Waals surface area (Å²) in [6.45, 7) is 3.84. The molecule has 1 amide bonds. The number of benzene rings is 1. The molecule has 0 spiro atoms. The average molecular weight is 258 g/mol. The molecular formula is C14H18N4O. The van der Waals surface area contributed by atoms with Crippen molar-refractivity contribution in [3.8, 4) is 11.3 Å². The number of amides is 1. The van der Waals surface area contributed by atoms with Gasteiger partial charge in [-0.1, -0.05) is 26.0 Å². The smallest absolute Gasteiger partial charge is 0.241 e. The second-order valence-electron chi connectivity index (χ2n) is 4.81. The van der Waals surface area contributed by atoms with Crippen molar-refractivity contribution in [2.75, 3.05) is 5.32 Å². The van der Waals surface area contributed by atoms with E-state index >= 15 is 0 Å². The van der Waals surface area contributed by atoms with Gasteiger partial charge < -0.3 is 11.1 Å². The number of nitrogens with two attached hydrogens (primary N) is 1. The minimum atomic E-state index is -0.504. The lowest BCUT2D eigenvalue weighted by Gasteiger charge is -2.15. The summed E-state index contributed by atoms with van der Waals surface area (Å²) < 4.78 is 0. The largest absolute Gasteiger partial charge is 0.325 e. The van der Waals surface area contributed by atoms with Crippen molar-refractivity contribution in [2.45, 2.75) is 19.9 Å². The van der Waals surface area contributed by atoms with Gasteiger partial charge in [-0.05, 0) is 24.1 Å². The van der Waals surface area contributed by atoms with Crippen molar-refractivity contribution in [1.29, 1.82) is 0 Å². The highest BCUT2D eigenvalue weighted by molar-refractivity contribution is 5.95. The molecule has 2 aromatic rings. The Labute approximate surface area is 112 Å². The van der Waals surface area contributed by atoms with Crippen molar-refractivity contribution >= 4 is 11.6 Å². The average Bonchev–Trinajstić information content (AvgIpc) is 2.91. The molecule has 1 heterocycles. The topological polar surface area (TPSA) is 83.8 Å². The van der Waals surface area contributed by atoms with Crippen LogP contribution in [0.1, 0.15) is 13.8 Å². The Balaban J connectivity index is 2.14. The van der Waals surface area contributed by atoms with Crippen LogP contribution in [0.25, 0.3) is 11.3 Å². The number of nitrogens with zero attached hydrogens (tertiary/aromatic N) is 1. The molecule has 5 nitrogen and oxygen atoms in total. The number of anilines is 1. The van der Waals surface area contributed by atoms with Crippen LogP contribution in [0.3, 0.4) is 0 Å². The minimum absolute atomic E-state index is 0.107. The normalized spacial score (nSPS) is 12.4. The number of H-pyrrole nitrogens is 1. The van der Waals surface area contributed by atoms with Crippen molar-refractivity contribution in [2.24, 2.45) is 11.7 Å². The van der Waals surface area contributed by atoms with Crippen LogP contribution in [0.5, 0.6) is 0 Å². The van der Waals surface area contributed by atoms with E-state index in [0.717, 1.165) is 16.9 Å². The highest BCUT2D eigenvalue weighted by atomic mass is 16.2. The van der Waals surface area contributed by atoms with E-state index in [1.165, 1.54) is 0 Å². The van der Waals surface area contributed by atoms with Gasteiger partial charge in [-0.3, -0.25) is 9.89 Å². The van der Waals surface area contributed by atoms with Crippen LogP contribution < -0.4 is 11.1 Å². The summed E-state index contributed by atoms with van der Waals surface area (Å²) in [5.41, 5.74) is 8.41. The Hall–Kier alpha value is -2.14. The van der Waals surface area contributed by atoms with Crippen molar-refractivity contribution in [3.05, 3.63) is 36.5 Å². The van der Waals surface area contributed by atoms with Gasteiger partial charge in [0, 0.05) is 17.4 Å². The maximum absolute atomic E-state index is 11.9. The Bertz CT molecular complexity index is 548. The van der Waals surface area contributed by atoms with Crippen molar-refractivity contribution < 1.29 is 4.79 Å². The number of carbonyl (C=O) groups is 1. The highest BCUT2D eigenvalue weighted by Crippen LogP contribution is 2.20. The van der Waals surface area contributed by atoms with E-state index in [0.29, 0.717) is 0 Å². The first-order valence-corrected chi connectivity index (χ1v) is 6.24. The molecule has 2 rings (SSSR count). The SMILES string of the molecule is CC(C)C(N)C(=O)Nc1cccc(-c2ccn[nH]2)c1. The number of aromatic nitrogens is 2. The van der Waals surface area contributed by atoms with E-state index in [4.69, 9.17) is 5.73 Å². The molecule has 0 bridgehead atoms. The molecule has 0 radical (unpaired) electrons. The molecule has 0 aliphatic carbocycles. The third kappa shape index (κ3) is 3.20. The summed E-state index contributed by atoms with van der Waals surface area (Å²) in [4.78, 5) is 11.9. The van der Waals surface area contributed by atoms with Gasteiger partial charge in [-0.15, -0.1) is 0 Å². The Morgan fingerprint density at radius 1 is 1.37 bits per heavy atom. The predicted molar refractivity (Wildman–Crippen MR) is 75.5 cm³/mol. The third-order valence-electron chi connectivity index (χ3n) is 2.96. The Morgan fingerprint density at radius 3 is 2.79 bits per heavy atom. The Morgan fingerprint density at radius 2 is 2.16 bits per heavy atom. The summed E-state index contributed by atoms with van der Waals surface area (Å²) in [5.74, 6) is -0.0625. The summed E-state index contributed by atoms with van der Waals surface area (Å²) in [6.07, 6.45) is 1.69. The maximum atomic E-state index is 11.9. The molecule has 0 aliphatic heterocycles. The maximum Gasteiger partial charge on any atom is 0.241 e. The molecule has 19 heavy (non-hydrogen) atoms. The van der Waals surface area contributed by atoms with E-state index in [1.807, 2.05) is 44.2 Å². The summed E-state index contributed by atoms with van der Waals surface area (Å²) in [6, 6.07) is 8.93. The van der Waals surface area contributed by atoms with E-state index in [2.05, 4.69) is 15.5 Å². The fraction of sp³-hybridized carbons (Fsp3) is 0.286. The molecule has 0 saturated carbocycles. The molecule has 0 saturated heterocycles. The molecule has 1 aromatic carbocycles. The van der Waals surface area contributed by atoms with Gasteiger partial charge in [-0.2, -0.15) is 5.10 Å². The molecule has 1 atom stereocenters. The number of hydrogen-bond donors (Lipinski definition) is 3. The molecule has 0 aliphatic rings. The van der Waals surface area contributed by atoms with Crippen LogP contribution in [0.2, 0.25) is 0 Å². The first kappa shape index (κ1) is 13.3. The number of aromatic amines is 1. The number of rotatable bonds is 4. The van der Waals surface area contributed by atoms with Crippen molar-refractivity contribution in [1.82, 2.24) is 10.2 Å². The van der Waals surface area contributed by atoms with Crippen LogP contribution >= 0.6 is 0 Å². The van der Waals surface area contributed by atoms with Gasteiger partial charge in [0.15, 0.2) is 0 Å². The zero-order valence-electron chi connectivity index (χ0n) is 11.1. The second kappa shape index (κ2) is 5.67. The fourth-order valence-corrected chi connectivity index (χ4v) is 1.71. The van der Waals surface area contributed by atoms with Gasteiger partial charge in [0.2, 0.25) is 5.91 Å². The number of nitrogens with one attached hydrogen (secondary N) is 2. The predicted octanol–water partition coefficient (Wildman–Crippen LogP) is 2.00. The molecule has 1 aromatic heterocycles. The number of hydrogen-bond acceptors (Lipinski definition) is 3. The van der Waals surface area contributed by atoms with Crippen LogP contribution in [-0.2, 0) is 4.79 Å². The van der Waals surface area contributed by atoms with Crippen molar-refractivity contribution in [3.63, 3.8) is 0 Å². The van der Waals surface area contributed by atoms with E-state index < -0.39 is 6.04 Å². The van der Waals surface area contributed by atoms with E-state index in [1.54, 1.807) is 6.20 Å². The minimum Gasteiger partial charge on any atom is -0.325 e. The summed E-state index contributed by atoms with van der Waals surface area (Å²) in [5, 5.41) is 9.62. The first-order valence-electron chi connectivity index (χ1n) is 6.24. The van der Waals surface area contributed by atoms with Crippen LogP contribution in [-0.4, -0.2) is 22.1 Å². The zero-order valence-corrected chi connectivity index (χ0v) is 11.1. The molecular weight excluding hydrogens is 240 g/mol. The van der Waals surface area contributed by atoms with Crippen LogP contribution in [0.15, 0.2) is 36.5 Å². The quantitative estimate of drug-likeness (QED) is 0.784. The lowest BCUT2D eigenvalue weighted by molar-refractivity contribution is -0.118. The van der Waals surface area contributed by atoms with Gasteiger partial charge in [0.25, 0.3) is 0 Å². The third-order valence-corrected chi connectivity index (χ3v) is 2.96.